The van der Waals surface area contributed by atoms with Crippen molar-refractivity contribution in [3.63, 3.8) is 0 Å². The fourth-order valence-corrected chi connectivity index (χ4v) is 1.78. The highest BCUT2D eigenvalue weighted by Crippen LogP contribution is 1.92. The maximum absolute atomic E-state index is 8.51. The van der Waals surface area contributed by atoms with Crippen molar-refractivity contribution in [3.05, 3.63) is 11.1 Å². The number of hydrogen-bond acceptors (Lipinski definition) is 1. The van der Waals surface area contributed by atoms with Gasteiger partial charge in [0, 0.05) is 0 Å². The van der Waals surface area contributed by atoms with Gasteiger partial charge in [0.25, 0.3) is 0 Å². The molecule has 3 heteroatoms. The highest BCUT2D eigenvalue weighted by molar-refractivity contribution is 9.11. The Bertz CT molecular complexity index is 85.1. The molecule has 0 aliphatic carbocycles. The molecule has 0 aromatic carbocycles. The van der Waals surface area contributed by atoms with Crippen molar-refractivity contribution in [2.24, 2.45) is 0 Å². The number of aliphatic hydroxyl groups is 1. The zero-order valence-corrected chi connectivity index (χ0v) is 7.91. The molecule has 0 rings (SSSR count). The van der Waals surface area contributed by atoms with E-state index >= 15 is 0 Å². The molecule has 1 unspecified atom stereocenters. The molecule has 0 aliphatic rings. The van der Waals surface area contributed by atoms with Crippen LogP contribution in [0.1, 0.15) is 0 Å². The van der Waals surface area contributed by atoms with Gasteiger partial charge in [-0.05, 0) is 22.0 Å². The van der Waals surface area contributed by atoms with Gasteiger partial charge in [-0.2, -0.15) is 0 Å². The summed E-state index contributed by atoms with van der Waals surface area (Å²) in [5.41, 5.74) is 0. The minimum absolute atomic E-state index is 0.315. The third-order valence-electron chi connectivity index (χ3n) is 0.910. The second kappa shape index (κ2) is 6.65. The molecule has 9 heavy (non-hydrogen) atoms. The van der Waals surface area contributed by atoms with Crippen molar-refractivity contribution < 1.29 is 5.11 Å². The van der Waals surface area contributed by atoms with Gasteiger partial charge in [0.2, 0.25) is 0 Å². The standard InChI is InChI=1S/C6H12BrOS/c1-9(6-4-8)5-2-3-7/h2-3,8H,4-6H2,1H3/q+1. The van der Waals surface area contributed by atoms with Crippen LogP contribution in [0.2, 0.25) is 0 Å². The van der Waals surface area contributed by atoms with Crippen LogP contribution in [0, 0.1) is 0 Å². The molecule has 0 fully saturated rings. The van der Waals surface area contributed by atoms with Gasteiger partial charge in [-0.3, -0.25) is 0 Å². The highest BCUT2D eigenvalue weighted by atomic mass is 79.9. The van der Waals surface area contributed by atoms with Gasteiger partial charge in [-0.15, -0.1) is 0 Å². The summed E-state index contributed by atoms with van der Waals surface area (Å²) in [6.07, 6.45) is 4.22. The smallest absolute Gasteiger partial charge is 0.131 e. The van der Waals surface area contributed by atoms with Crippen molar-refractivity contribution >= 4 is 26.8 Å². The molecule has 1 N–H and O–H groups in total. The first-order valence-electron chi connectivity index (χ1n) is 2.76. The van der Waals surface area contributed by atoms with Gasteiger partial charge in [-0.1, -0.05) is 15.9 Å². The minimum atomic E-state index is 0.315. The lowest BCUT2D eigenvalue weighted by atomic mass is 10.8. The van der Waals surface area contributed by atoms with E-state index in [1.807, 2.05) is 4.99 Å². The van der Waals surface area contributed by atoms with E-state index in [1.165, 1.54) is 0 Å². The zero-order valence-electron chi connectivity index (χ0n) is 5.51. The Labute approximate surface area is 67.6 Å². The van der Waals surface area contributed by atoms with E-state index in [9.17, 15) is 0 Å². The van der Waals surface area contributed by atoms with Crippen molar-refractivity contribution in [2.75, 3.05) is 24.4 Å². The molecule has 54 valence electrons. The minimum Gasteiger partial charge on any atom is -0.391 e. The van der Waals surface area contributed by atoms with Crippen LogP contribution in [0.5, 0.6) is 0 Å². The summed E-state index contributed by atoms with van der Waals surface area (Å²) >= 11 is 3.19. The summed E-state index contributed by atoms with van der Waals surface area (Å²) in [7, 11) is 0.363. The number of aliphatic hydroxyl groups excluding tert-OH is 1. The predicted molar refractivity (Wildman–Crippen MR) is 48.2 cm³/mol. The van der Waals surface area contributed by atoms with Crippen LogP contribution in [0.3, 0.4) is 0 Å². The summed E-state index contributed by atoms with van der Waals surface area (Å²) < 4.78 is 0. The summed E-state index contributed by atoms with van der Waals surface area (Å²) in [6, 6.07) is 0. The molecule has 0 amide bonds. The molecule has 0 aromatic heterocycles. The average Bonchev–Trinajstić information content (AvgIpc) is 1.85. The number of halogens is 1. The first-order valence-corrected chi connectivity index (χ1v) is 5.65. The van der Waals surface area contributed by atoms with Crippen LogP contribution in [0.25, 0.3) is 0 Å². The van der Waals surface area contributed by atoms with Crippen molar-refractivity contribution in [1.29, 1.82) is 0 Å². The number of hydrogen-bond donors (Lipinski definition) is 1. The van der Waals surface area contributed by atoms with Gasteiger partial charge < -0.3 is 5.11 Å². The first kappa shape index (κ1) is 9.53. The highest BCUT2D eigenvalue weighted by Gasteiger charge is 2.04. The van der Waals surface area contributed by atoms with Crippen molar-refractivity contribution in [1.82, 2.24) is 0 Å². The van der Waals surface area contributed by atoms with Crippen LogP contribution in [-0.2, 0) is 10.9 Å². The topological polar surface area (TPSA) is 20.2 Å². The van der Waals surface area contributed by atoms with E-state index in [4.69, 9.17) is 5.11 Å². The molecule has 1 nitrogen and oxygen atoms in total. The van der Waals surface area contributed by atoms with Gasteiger partial charge >= 0.3 is 0 Å². The molecule has 0 saturated heterocycles. The zero-order chi connectivity index (χ0) is 7.11. The Kier molecular flexibility index (Phi) is 7.04. The molecular weight excluding hydrogens is 200 g/mol. The van der Waals surface area contributed by atoms with Crippen molar-refractivity contribution in [2.45, 2.75) is 0 Å². The largest absolute Gasteiger partial charge is 0.391 e. The van der Waals surface area contributed by atoms with E-state index in [0.29, 0.717) is 17.5 Å². The lowest BCUT2D eigenvalue weighted by Crippen LogP contribution is -2.10. The first-order chi connectivity index (χ1) is 4.31. The van der Waals surface area contributed by atoms with Crippen LogP contribution < -0.4 is 0 Å². The molecule has 1 atom stereocenters. The fourth-order valence-electron chi connectivity index (χ4n) is 0.440. The third kappa shape index (κ3) is 6.41. The molecule has 0 bridgehead atoms. The van der Waals surface area contributed by atoms with Gasteiger partial charge in [-0.25, -0.2) is 0 Å². The van der Waals surface area contributed by atoms with E-state index in [-0.39, 0.29) is 0 Å². The molecule has 0 spiro atoms. The third-order valence-corrected chi connectivity index (χ3v) is 2.92. The maximum atomic E-state index is 8.51. The van der Waals surface area contributed by atoms with Gasteiger partial charge in [0.05, 0.1) is 12.9 Å². The van der Waals surface area contributed by atoms with Crippen molar-refractivity contribution in [3.8, 4) is 0 Å². The van der Waals surface area contributed by atoms with E-state index in [2.05, 4.69) is 28.3 Å². The second-order valence-corrected chi connectivity index (χ2v) is 4.57. The Balaban J connectivity index is 3.15. The van der Waals surface area contributed by atoms with Gasteiger partial charge in [0.1, 0.15) is 11.5 Å². The molecule has 0 aromatic rings. The monoisotopic (exact) mass is 211 g/mol. The molecular formula is C6H12BrOS+. The molecule has 0 aliphatic heterocycles. The lowest BCUT2D eigenvalue weighted by Gasteiger charge is -1.94. The summed E-state index contributed by atoms with van der Waals surface area (Å²) in [5.74, 6) is 2.00. The fraction of sp³-hybridized carbons (Fsp3) is 0.667. The van der Waals surface area contributed by atoms with E-state index in [0.717, 1.165) is 11.5 Å². The summed E-state index contributed by atoms with van der Waals surface area (Å²) in [4.78, 5) is 1.87. The van der Waals surface area contributed by atoms with Crippen LogP contribution in [0.15, 0.2) is 11.1 Å². The average molecular weight is 212 g/mol. The second-order valence-electron chi connectivity index (χ2n) is 1.74. The van der Waals surface area contributed by atoms with Crippen LogP contribution in [0.4, 0.5) is 0 Å². The molecule has 0 radical (unpaired) electrons. The lowest BCUT2D eigenvalue weighted by molar-refractivity contribution is 0.322. The van der Waals surface area contributed by atoms with Crippen LogP contribution in [-0.4, -0.2) is 29.5 Å². The van der Waals surface area contributed by atoms with E-state index < -0.39 is 0 Å². The Morgan fingerprint density at radius 2 is 2.33 bits per heavy atom. The Morgan fingerprint density at radius 3 is 2.78 bits per heavy atom. The quantitative estimate of drug-likeness (QED) is 0.693. The SMILES string of the molecule is C[S+](CC=CBr)CCO. The Hall–Kier alpha value is 0.530. The summed E-state index contributed by atoms with van der Waals surface area (Å²) in [6.45, 7) is 0.315. The van der Waals surface area contributed by atoms with Gasteiger partial charge in [0.15, 0.2) is 0 Å². The Morgan fingerprint density at radius 1 is 1.67 bits per heavy atom. The normalized spacial score (nSPS) is 14.6. The molecule has 0 saturated carbocycles. The maximum Gasteiger partial charge on any atom is 0.131 e. The molecule has 0 heterocycles. The number of rotatable bonds is 4. The predicted octanol–water partition coefficient (Wildman–Crippen LogP) is 1.14. The summed E-state index contributed by atoms with van der Waals surface area (Å²) in [5, 5.41) is 8.51. The van der Waals surface area contributed by atoms with E-state index in [1.54, 1.807) is 0 Å². The van der Waals surface area contributed by atoms with Crippen LogP contribution >= 0.6 is 15.9 Å².